The maximum atomic E-state index is 11.0. The van der Waals surface area contributed by atoms with Crippen LogP contribution in [0.4, 0.5) is 0 Å². The van der Waals surface area contributed by atoms with Gasteiger partial charge in [0.1, 0.15) is 0 Å². The van der Waals surface area contributed by atoms with Crippen LogP contribution in [0.3, 0.4) is 0 Å². The van der Waals surface area contributed by atoms with Crippen molar-refractivity contribution in [1.82, 2.24) is 15.0 Å². The standard InChI is InChI=1S/C13H13Cl2N3O2S/c1-2-10-12(13(19)20)16-17-18(10)5-6-21-11-7-8(14)3-4-9(11)15/h3-4,7H,2,5-6H2,1H3,(H,19,20). The number of halogens is 2. The number of benzene rings is 1. The highest BCUT2D eigenvalue weighted by Crippen LogP contribution is 2.29. The number of aryl methyl sites for hydroxylation is 1. The number of aromatic carboxylic acids is 1. The lowest BCUT2D eigenvalue weighted by Crippen LogP contribution is -2.09. The lowest BCUT2D eigenvalue weighted by atomic mass is 10.2. The van der Waals surface area contributed by atoms with Gasteiger partial charge in [0.25, 0.3) is 0 Å². The summed E-state index contributed by atoms with van der Waals surface area (Å²) in [6.07, 6.45) is 0.567. The Kier molecular flexibility index (Phi) is 5.50. The number of aromatic nitrogens is 3. The molecule has 8 heteroatoms. The zero-order chi connectivity index (χ0) is 15.4. The van der Waals surface area contributed by atoms with Crippen LogP contribution < -0.4 is 0 Å². The molecule has 1 N–H and O–H groups in total. The molecule has 1 heterocycles. The fraction of sp³-hybridized carbons (Fsp3) is 0.308. The molecule has 0 aliphatic heterocycles. The number of carbonyl (C=O) groups is 1. The highest BCUT2D eigenvalue weighted by atomic mass is 35.5. The van der Waals surface area contributed by atoms with E-state index in [4.69, 9.17) is 28.3 Å². The van der Waals surface area contributed by atoms with E-state index in [9.17, 15) is 4.79 Å². The second-order valence-corrected chi connectivity index (χ2v) is 6.17. The largest absolute Gasteiger partial charge is 0.476 e. The molecule has 0 saturated heterocycles. The van der Waals surface area contributed by atoms with Gasteiger partial charge in [-0.1, -0.05) is 35.3 Å². The van der Waals surface area contributed by atoms with Crippen LogP contribution >= 0.6 is 35.0 Å². The third kappa shape index (κ3) is 3.90. The van der Waals surface area contributed by atoms with Gasteiger partial charge in [0.05, 0.1) is 17.3 Å². The molecule has 1 aromatic heterocycles. The van der Waals surface area contributed by atoms with Crippen molar-refractivity contribution in [2.45, 2.75) is 24.8 Å². The Morgan fingerprint density at radius 2 is 2.19 bits per heavy atom. The Hall–Kier alpha value is -1.24. The number of hydrogen-bond donors (Lipinski definition) is 1. The molecule has 112 valence electrons. The van der Waals surface area contributed by atoms with Crippen molar-refractivity contribution in [2.75, 3.05) is 5.75 Å². The van der Waals surface area contributed by atoms with Crippen molar-refractivity contribution < 1.29 is 9.90 Å². The summed E-state index contributed by atoms with van der Waals surface area (Å²) in [4.78, 5) is 11.9. The van der Waals surface area contributed by atoms with Gasteiger partial charge in [-0.15, -0.1) is 16.9 Å². The topological polar surface area (TPSA) is 68.0 Å². The van der Waals surface area contributed by atoms with E-state index < -0.39 is 5.97 Å². The highest BCUT2D eigenvalue weighted by Gasteiger charge is 2.17. The molecule has 0 unspecified atom stereocenters. The molecule has 0 fully saturated rings. The monoisotopic (exact) mass is 345 g/mol. The van der Waals surface area contributed by atoms with Crippen LogP contribution in [0.1, 0.15) is 23.1 Å². The molecule has 21 heavy (non-hydrogen) atoms. The van der Waals surface area contributed by atoms with Gasteiger partial charge in [-0.05, 0) is 24.6 Å². The predicted molar refractivity (Wildman–Crippen MR) is 83.5 cm³/mol. The van der Waals surface area contributed by atoms with Gasteiger partial charge in [0, 0.05) is 15.7 Å². The third-order valence-corrected chi connectivity index (χ3v) is 4.54. The van der Waals surface area contributed by atoms with Crippen LogP contribution in [-0.4, -0.2) is 31.8 Å². The maximum Gasteiger partial charge on any atom is 0.358 e. The smallest absolute Gasteiger partial charge is 0.358 e. The Labute approximate surface area is 136 Å². The van der Waals surface area contributed by atoms with Crippen molar-refractivity contribution >= 4 is 40.9 Å². The van der Waals surface area contributed by atoms with Crippen molar-refractivity contribution in [1.29, 1.82) is 0 Å². The van der Waals surface area contributed by atoms with E-state index in [0.717, 1.165) is 4.90 Å². The number of nitrogens with zero attached hydrogens (tertiary/aromatic N) is 3. The molecule has 0 radical (unpaired) electrons. The third-order valence-electron chi connectivity index (χ3n) is 2.83. The summed E-state index contributed by atoms with van der Waals surface area (Å²) >= 11 is 13.6. The molecule has 0 spiro atoms. The summed E-state index contributed by atoms with van der Waals surface area (Å²) in [6.45, 7) is 2.43. The molecule has 0 aliphatic rings. The van der Waals surface area contributed by atoms with Gasteiger partial charge in [-0.25, -0.2) is 9.48 Å². The van der Waals surface area contributed by atoms with Gasteiger partial charge in [-0.3, -0.25) is 0 Å². The Balaban J connectivity index is 2.04. The van der Waals surface area contributed by atoms with Gasteiger partial charge in [-0.2, -0.15) is 0 Å². The predicted octanol–water partition coefficient (Wildman–Crippen LogP) is 3.64. The van der Waals surface area contributed by atoms with Crippen LogP contribution in [0.25, 0.3) is 0 Å². The average Bonchev–Trinajstić information content (AvgIpc) is 2.85. The fourth-order valence-corrected chi connectivity index (χ4v) is 3.28. The lowest BCUT2D eigenvalue weighted by Gasteiger charge is -2.07. The van der Waals surface area contributed by atoms with Crippen molar-refractivity contribution in [3.05, 3.63) is 39.6 Å². The van der Waals surface area contributed by atoms with Crippen molar-refractivity contribution in [2.24, 2.45) is 0 Å². The van der Waals surface area contributed by atoms with Gasteiger partial charge >= 0.3 is 5.97 Å². The zero-order valence-electron chi connectivity index (χ0n) is 11.2. The number of carboxylic acid groups (broad SMARTS) is 1. The van der Waals surface area contributed by atoms with E-state index in [1.54, 1.807) is 34.6 Å². The Morgan fingerprint density at radius 1 is 1.43 bits per heavy atom. The fourth-order valence-electron chi connectivity index (χ4n) is 1.86. The molecule has 2 aromatic rings. The molecule has 0 bridgehead atoms. The first kappa shape index (κ1) is 16.1. The molecule has 0 atom stereocenters. The Bertz CT molecular complexity index is 661. The summed E-state index contributed by atoms with van der Waals surface area (Å²) in [5, 5.41) is 17.9. The molecule has 1 aromatic carbocycles. The number of hydrogen-bond acceptors (Lipinski definition) is 4. The van der Waals surface area contributed by atoms with Crippen molar-refractivity contribution in [3.63, 3.8) is 0 Å². The normalized spacial score (nSPS) is 10.8. The summed E-state index contributed by atoms with van der Waals surface area (Å²) in [7, 11) is 0. The first-order valence-electron chi connectivity index (χ1n) is 6.26. The minimum absolute atomic E-state index is 0.0169. The first-order valence-corrected chi connectivity index (χ1v) is 8.00. The van der Waals surface area contributed by atoms with E-state index in [0.29, 0.717) is 34.5 Å². The molecule has 2 rings (SSSR count). The molecule has 0 amide bonds. The first-order chi connectivity index (χ1) is 10.0. The number of carboxylic acids is 1. The Morgan fingerprint density at radius 3 is 2.86 bits per heavy atom. The van der Waals surface area contributed by atoms with E-state index in [1.807, 2.05) is 6.92 Å². The van der Waals surface area contributed by atoms with Crippen LogP contribution in [0.5, 0.6) is 0 Å². The van der Waals surface area contributed by atoms with Crippen LogP contribution in [-0.2, 0) is 13.0 Å². The van der Waals surface area contributed by atoms with Crippen LogP contribution in [0.2, 0.25) is 10.0 Å². The number of rotatable bonds is 6. The second-order valence-electron chi connectivity index (χ2n) is 4.19. The summed E-state index contributed by atoms with van der Waals surface area (Å²) in [6, 6.07) is 5.29. The molecular weight excluding hydrogens is 333 g/mol. The van der Waals surface area contributed by atoms with Crippen LogP contribution in [0, 0.1) is 0 Å². The zero-order valence-corrected chi connectivity index (χ0v) is 13.5. The number of thioether (sulfide) groups is 1. The summed E-state index contributed by atoms with van der Waals surface area (Å²) < 4.78 is 1.62. The van der Waals surface area contributed by atoms with E-state index in [1.165, 1.54) is 0 Å². The van der Waals surface area contributed by atoms with Crippen LogP contribution in [0.15, 0.2) is 23.1 Å². The van der Waals surface area contributed by atoms with Crippen molar-refractivity contribution in [3.8, 4) is 0 Å². The summed E-state index contributed by atoms with van der Waals surface area (Å²) in [5.41, 5.74) is 0.642. The lowest BCUT2D eigenvalue weighted by molar-refractivity contribution is 0.0689. The minimum Gasteiger partial charge on any atom is -0.476 e. The minimum atomic E-state index is -1.05. The van der Waals surface area contributed by atoms with E-state index >= 15 is 0 Å². The van der Waals surface area contributed by atoms with Gasteiger partial charge < -0.3 is 5.11 Å². The highest BCUT2D eigenvalue weighted by molar-refractivity contribution is 7.99. The van der Waals surface area contributed by atoms with Gasteiger partial charge in [0.15, 0.2) is 5.69 Å². The molecule has 0 aliphatic carbocycles. The maximum absolute atomic E-state index is 11.0. The molecular formula is C13H13Cl2N3O2S. The van der Waals surface area contributed by atoms with Gasteiger partial charge in [0.2, 0.25) is 0 Å². The quantitative estimate of drug-likeness (QED) is 0.809. The van der Waals surface area contributed by atoms with E-state index in [-0.39, 0.29) is 5.69 Å². The van der Waals surface area contributed by atoms with E-state index in [2.05, 4.69) is 10.3 Å². The SMILES string of the molecule is CCc1c(C(=O)O)nnn1CCSc1cc(Cl)ccc1Cl. The average molecular weight is 346 g/mol. The second kappa shape index (κ2) is 7.15. The molecule has 5 nitrogen and oxygen atoms in total. The summed E-state index contributed by atoms with van der Waals surface area (Å²) in [5.74, 6) is -0.362. The molecule has 0 saturated carbocycles.